The Morgan fingerprint density at radius 1 is 1.20 bits per heavy atom. The Morgan fingerprint density at radius 3 is 2.10 bits per heavy atom. The number of primary amides is 1. The van der Waals surface area contributed by atoms with Crippen molar-refractivity contribution in [3.63, 3.8) is 0 Å². The molecule has 7 heteroatoms. The van der Waals surface area contributed by atoms with E-state index in [1.807, 2.05) is 6.92 Å². The van der Waals surface area contributed by atoms with Gasteiger partial charge in [0.25, 0.3) is 0 Å². The molecule has 0 saturated heterocycles. The fourth-order valence-corrected chi connectivity index (χ4v) is 1.99. The second-order valence-electron chi connectivity index (χ2n) is 4.86. The summed E-state index contributed by atoms with van der Waals surface area (Å²) >= 11 is 0. The minimum atomic E-state index is -0.973. The van der Waals surface area contributed by atoms with Crippen molar-refractivity contribution >= 4 is 17.9 Å². The van der Waals surface area contributed by atoms with Gasteiger partial charge in [-0.25, -0.2) is 4.79 Å². The fourth-order valence-electron chi connectivity index (χ4n) is 1.99. The Morgan fingerprint density at radius 2 is 1.75 bits per heavy atom. The summed E-state index contributed by atoms with van der Waals surface area (Å²) in [5.41, 5.74) is 4.05. The van der Waals surface area contributed by atoms with Crippen LogP contribution >= 0.6 is 0 Å². The number of aliphatic carboxylic acids is 1. The van der Waals surface area contributed by atoms with E-state index in [0.717, 1.165) is 0 Å². The van der Waals surface area contributed by atoms with Gasteiger partial charge in [-0.1, -0.05) is 27.2 Å². The molecule has 0 aliphatic rings. The molecule has 3 amide bonds. The van der Waals surface area contributed by atoms with Crippen LogP contribution in [0.4, 0.5) is 4.79 Å². The Bertz CT molecular complexity index is 354. The highest BCUT2D eigenvalue weighted by Gasteiger charge is 2.35. The second kappa shape index (κ2) is 8.39. The lowest BCUT2D eigenvalue weighted by Gasteiger charge is -2.28. The first-order valence-corrected chi connectivity index (χ1v) is 6.90. The van der Waals surface area contributed by atoms with E-state index < -0.39 is 29.4 Å². The van der Waals surface area contributed by atoms with Crippen LogP contribution in [0.15, 0.2) is 0 Å². The van der Waals surface area contributed by atoms with Crippen molar-refractivity contribution in [1.82, 2.24) is 10.6 Å². The van der Waals surface area contributed by atoms with Gasteiger partial charge in [0.1, 0.15) is 6.04 Å². The molecule has 0 aliphatic carbocycles. The molecule has 0 rings (SSSR count). The zero-order valence-electron chi connectivity index (χ0n) is 12.4. The average Bonchev–Trinajstić information content (AvgIpc) is 2.38. The van der Waals surface area contributed by atoms with E-state index in [4.69, 9.17) is 5.73 Å². The minimum Gasteiger partial charge on any atom is -0.481 e. The van der Waals surface area contributed by atoms with E-state index in [2.05, 4.69) is 10.6 Å². The van der Waals surface area contributed by atoms with E-state index in [-0.39, 0.29) is 6.54 Å². The topological polar surface area (TPSA) is 122 Å². The first-order valence-electron chi connectivity index (χ1n) is 6.90. The van der Waals surface area contributed by atoms with Crippen molar-refractivity contribution < 1.29 is 19.5 Å². The molecule has 1 atom stereocenters. The first-order chi connectivity index (χ1) is 9.32. The molecule has 0 aliphatic heterocycles. The van der Waals surface area contributed by atoms with Gasteiger partial charge in [0, 0.05) is 6.54 Å². The third-order valence-electron chi connectivity index (χ3n) is 3.62. The van der Waals surface area contributed by atoms with Crippen LogP contribution in [-0.2, 0) is 9.59 Å². The summed E-state index contributed by atoms with van der Waals surface area (Å²) in [5, 5.41) is 14.3. The lowest BCUT2D eigenvalue weighted by molar-refractivity contribution is -0.149. The number of amides is 3. The van der Waals surface area contributed by atoms with Gasteiger partial charge < -0.3 is 21.5 Å². The average molecular weight is 287 g/mol. The molecule has 5 N–H and O–H groups in total. The lowest BCUT2D eigenvalue weighted by atomic mass is 9.82. The smallest absolute Gasteiger partial charge is 0.312 e. The number of nitrogens with two attached hydrogens (primary N) is 1. The van der Waals surface area contributed by atoms with E-state index in [0.29, 0.717) is 25.7 Å². The summed E-state index contributed by atoms with van der Waals surface area (Å²) in [4.78, 5) is 34.2. The maximum atomic E-state index is 12.0. The summed E-state index contributed by atoms with van der Waals surface area (Å²) in [6.07, 6.45) is 1.98. The zero-order valence-corrected chi connectivity index (χ0v) is 12.4. The van der Waals surface area contributed by atoms with Crippen LogP contribution in [0.5, 0.6) is 0 Å². The van der Waals surface area contributed by atoms with Crippen LogP contribution in [0.25, 0.3) is 0 Å². The monoisotopic (exact) mass is 287 g/mol. The van der Waals surface area contributed by atoms with Crippen LogP contribution in [0.3, 0.4) is 0 Å². The Labute approximate surface area is 119 Å². The summed E-state index contributed by atoms with van der Waals surface area (Å²) in [7, 11) is 0. The molecule has 0 spiro atoms. The molecule has 0 aromatic heterocycles. The molecule has 0 radical (unpaired) electrons. The molecule has 0 bridgehead atoms. The van der Waals surface area contributed by atoms with Gasteiger partial charge in [-0.15, -0.1) is 0 Å². The number of carboxylic acid groups (broad SMARTS) is 1. The minimum absolute atomic E-state index is 0.0365. The highest BCUT2D eigenvalue weighted by Crippen LogP contribution is 2.25. The van der Waals surface area contributed by atoms with Crippen LogP contribution < -0.4 is 16.4 Å². The molecule has 20 heavy (non-hydrogen) atoms. The molecule has 0 aromatic rings. The number of hydrogen-bond donors (Lipinski definition) is 4. The van der Waals surface area contributed by atoms with Crippen LogP contribution in [0.2, 0.25) is 0 Å². The van der Waals surface area contributed by atoms with Crippen LogP contribution in [0.1, 0.15) is 46.5 Å². The van der Waals surface area contributed by atoms with Gasteiger partial charge >= 0.3 is 12.0 Å². The maximum absolute atomic E-state index is 12.0. The van der Waals surface area contributed by atoms with Gasteiger partial charge in [0.2, 0.25) is 5.91 Å². The summed E-state index contributed by atoms with van der Waals surface area (Å²) in [6, 6.07) is -1.49. The van der Waals surface area contributed by atoms with E-state index >= 15 is 0 Å². The quantitative estimate of drug-likeness (QED) is 0.501. The maximum Gasteiger partial charge on any atom is 0.312 e. The van der Waals surface area contributed by atoms with Crippen molar-refractivity contribution in [2.24, 2.45) is 11.1 Å². The summed E-state index contributed by atoms with van der Waals surface area (Å²) in [5.74, 6) is -1.34. The van der Waals surface area contributed by atoms with Crippen molar-refractivity contribution in [1.29, 1.82) is 0 Å². The van der Waals surface area contributed by atoms with E-state index in [1.54, 1.807) is 13.8 Å². The van der Waals surface area contributed by atoms with E-state index in [1.165, 1.54) is 0 Å². The standard InChI is InChI=1S/C13H25N3O4/c1-4-7-9(16-12(14)20)10(17)15-8-13(5-2,6-3)11(18)19/h9H,4-8H2,1-3H3,(H,15,17)(H,18,19)(H3,14,16,20)/t9-/m1/s1. The number of urea groups is 1. The summed E-state index contributed by atoms with van der Waals surface area (Å²) in [6.45, 7) is 5.46. The van der Waals surface area contributed by atoms with Gasteiger partial charge in [-0.3, -0.25) is 9.59 Å². The Kier molecular flexibility index (Phi) is 7.64. The first kappa shape index (κ1) is 18.2. The highest BCUT2D eigenvalue weighted by molar-refractivity contribution is 5.87. The molecule has 7 nitrogen and oxygen atoms in total. The van der Waals surface area contributed by atoms with Gasteiger partial charge in [-0.2, -0.15) is 0 Å². The SMILES string of the molecule is CCC[C@@H](NC(N)=O)C(=O)NCC(CC)(CC)C(=O)O. The molecule has 0 saturated carbocycles. The van der Waals surface area contributed by atoms with Crippen molar-refractivity contribution in [2.45, 2.75) is 52.5 Å². The third kappa shape index (κ3) is 5.07. The molecule has 0 aromatic carbocycles. The molecule has 0 fully saturated rings. The number of rotatable bonds is 9. The molecular weight excluding hydrogens is 262 g/mol. The highest BCUT2D eigenvalue weighted by atomic mass is 16.4. The predicted molar refractivity (Wildman–Crippen MR) is 75.1 cm³/mol. The molecule has 0 heterocycles. The van der Waals surface area contributed by atoms with Crippen molar-refractivity contribution in [3.05, 3.63) is 0 Å². The Balaban J connectivity index is 4.70. The van der Waals surface area contributed by atoms with Gasteiger partial charge in [0.05, 0.1) is 5.41 Å². The fraction of sp³-hybridized carbons (Fsp3) is 0.769. The number of nitrogens with one attached hydrogen (secondary N) is 2. The zero-order chi connectivity index (χ0) is 15.8. The Hall–Kier alpha value is -1.79. The van der Waals surface area contributed by atoms with Gasteiger partial charge in [-0.05, 0) is 19.3 Å². The van der Waals surface area contributed by atoms with Crippen LogP contribution in [-0.4, -0.2) is 35.6 Å². The molecule has 116 valence electrons. The molecular formula is C13H25N3O4. The third-order valence-corrected chi connectivity index (χ3v) is 3.62. The van der Waals surface area contributed by atoms with E-state index in [9.17, 15) is 19.5 Å². The van der Waals surface area contributed by atoms with Gasteiger partial charge in [0.15, 0.2) is 0 Å². The number of carbonyl (C=O) groups excluding carboxylic acids is 2. The number of hydrogen-bond acceptors (Lipinski definition) is 3. The predicted octanol–water partition coefficient (Wildman–Crippen LogP) is 0.831. The number of carboxylic acids is 1. The number of carbonyl (C=O) groups is 3. The second-order valence-corrected chi connectivity index (χ2v) is 4.86. The molecule has 0 unspecified atom stereocenters. The lowest BCUT2D eigenvalue weighted by Crippen LogP contribution is -2.51. The largest absolute Gasteiger partial charge is 0.481 e. The normalized spacial score (nSPS) is 12.6. The van der Waals surface area contributed by atoms with Crippen molar-refractivity contribution in [2.75, 3.05) is 6.54 Å². The van der Waals surface area contributed by atoms with Crippen LogP contribution in [0, 0.1) is 5.41 Å². The summed E-state index contributed by atoms with van der Waals surface area (Å²) < 4.78 is 0. The van der Waals surface area contributed by atoms with Crippen molar-refractivity contribution in [3.8, 4) is 0 Å².